The number of nitro groups is 1. The molecule has 0 saturated carbocycles. The normalized spacial score (nSPS) is 14.2. The van der Waals surface area contributed by atoms with Crippen LogP contribution in [-0.2, 0) is 4.74 Å². The van der Waals surface area contributed by atoms with Gasteiger partial charge in [0.25, 0.3) is 11.6 Å². The fraction of sp³-hybridized carbons (Fsp3) is 0.364. The van der Waals surface area contributed by atoms with Crippen LogP contribution in [0.5, 0.6) is 0 Å². The number of nitrogens with one attached hydrogen (secondary N) is 1. The highest BCUT2D eigenvalue weighted by molar-refractivity contribution is 6.06. The minimum atomic E-state index is -0.715. The second kappa shape index (κ2) is 9.57. The Kier molecular flexibility index (Phi) is 6.86. The van der Waals surface area contributed by atoms with Gasteiger partial charge in [-0.25, -0.2) is 4.79 Å². The van der Waals surface area contributed by atoms with Gasteiger partial charge in [-0.05, 0) is 50.7 Å². The molecular weight excluding hydrogens is 400 g/mol. The molecule has 0 aliphatic carbocycles. The van der Waals surface area contributed by atoms with Gasteiger partial charge in [0.1, 0.15) is 0 Å². The first-order valence-electron chi connectivity index (χ1n) is 10.1. The fourth-order valence-electron chi connectivity index (χ4n) is 3.52. The maximum Gasteiger partial charge on any atom is 0.338 e. The molecule has 2 aromatic rings. The van der Waals surface area contributed by atoms with Crippen LogP contribution in [0.1, 0.15) is 33.2 Å². The zero-order chi connectivity index (χ0) is 22.5. The number of amides is 1. The molecule has 1 aliphatic rings. The zero-order valence-corrected chi connectivity index (χ0v) is 17.9. The summed E-state index contributed by atoms with van der Waals surface area (Å²) >= 11 is 0. The zero-order valence-electron chi connectivity index (χ0n) is 17.9. The average molecular weight is 426 g/mol. The smallest absolute Gasteiger partial charge is 0.338 e. The molecule has 0 aromatic heterocycles. The number of piperazine rings is 1. The van der Waals surface area contributed by atoms with Crippen molar-refractivity contribution < 1.29 is 19.2 Å². The third-order valence-corrected chi connectivity index (χ3v) is 5.20. The van der Waals surface area contributed by atoms with E-state index in [1.54, 1.807) is 6.92 Å². The van der Waals surface area contributed by atoms with E-state index in [4.69, 9.17) is 4.74 Å². The van der Waals surface area contributed by atoms with Gasteiger partial charge in [0, 0.05) is 55.2 Å². The van der Waals surface area contributed by atoms with E-state index in [0.29, 0.717) is 5.69 Å². The molecular formula is C22H26N4O5. The van der Waals surface area contributed by atoms with Crippen molar-refractivity contribution in [2.45, 2.75) is 13.8 Å². The maximum absolute atomic E-state index is 12.8. The first-order valence-corrected chi connectivity index (χ1v) is 10.1. The average Bonchev–Trinajstić information content (AvgIpc) is 2.74. The summed E-state index contributed by atoms with van der Waals surface area (Å²) in [6.45, 7) is 7.61. The number of esters is 1. The van der Waals surface area contributed by atoms with Gasteiger partial charge in [0.15, 0.2) is 0 Å². The van der Waals surface area contributed by atoms with Crippen molar-refractivity contribution in [1.82, 2.24) is 4.90 Å². The summed E-state index contributed by atoms with van der Waals surface area (Å²) < 4.78 is 4.91. The molecule has 1 saturated heterocycles. The number of ether oxygens (including phenoxy) is 1. The molecule has 0 radical (unpaired) electrons. The van der Waals surface area contributed by atoms with Crippen molar-refractivity contribution in [1.29, 1.82) is 0 Å². The molecule has 1 heterocycles. The highest BCUT2D eigenvalue weighted by Gasteiger charge is 2.20. The number of benzene rings is 2. The third kappa shape index (κ3) is 5.37. The number of aryl methyl sites for hydroxylation is 1. The van der Waals surface area contributed by atoms with E-state index in [9.17, 15) is 19.7 Å². The molecule has 1 fully saturated rings. The van der Waals surface area contributed by atoms with Crippen LogP contribution in [0.15, 0.2) is 36.4 Å². The van der Waals surface area contributed by atoms with Gasteiger partial charge >= 0.3 is 5.97 Å². The summed E-state index contributed by atoms with van der Waals surface area (Å²) in [4.78, 5) is 40.0. The van der Waals surface area contributed by atoms with Gasteiger partial charge in [-0.15, -0.1) is 0 Å². The lowest BCUT2D eigenvalue weighted by atomic mass is 10.1. The molecule has 31 heavy (non-hydrogen) atoms. The summed E-state index contributed by atoms with van der Waals surface area (Å²) in [5, 5.41) is 14.0. The van der Waals surface area contributed by atoms with Gasteiger partial charge in [0.05, 0.1) is 17.1 Å². The molecule has 0 atom stereocenters. The molecule has 9 nitrogen and oxygen atoms in total. The molecule has 1 amide bonds. The molecule has 0 bridgehead atoms. The predicted molar refractivity (Wildman–Crippen MR) is 118 cm³/mol. The summed E-state index contributed by atoms with van der Waals surface area (Å²) in [6, 6.07) is 9.18. The Morgan fingerprint density at radius 1 is 1.10 bits per heavy atom. The van der Waals surface area contributed by atoms with E-state index < -0.39 is 16.8 Å². The minimum absolute atomic E-state index is 0.0121. The number of anilines is 2. The van der Waals surface area contributed by atoms with E-state index in [2.05, 4.69) is 22.2 Å². The maximum atomic E-state index is 12.8. The Bertz CT molecular complexity index is 999. The summed E-state index contributed by atoms with van der Waals surface area (Å²) in [7, 11) is 2.10. The van der Waals surface area contributed by atoms with Crippen molar-refractivity contribution in [2.24, 2.45) is 0 Å². The molecule has 2 aromatic carbocycles. The fourth-order valence-corrected chi connectivity index (χ4v) is 3.52. The molecule has 9 heteroatoms. The van der Waals surface area contributed by atoms with Gasteiger partial charge in [0.2, 0.25) is 0 Å². The Labute approximate surface area is 180 Å². The Balaban J connectivity index is 1.80. The van der Waals surface area contributed by atoms with E-state index >= 15 is 0 Å². The molecule has 3 rings (SSSR count). The van der Waals surface area contributed by atoms with Crippen LogP contribution in [0, 0.1) is 17.0 Å². The highest BCUT2D eigenvalue weighted by Crippen LogP contribution is 2.25. The highest BCUT2D eigenvalue weighted by atomic mass is 16.6. The summed E-state index contributed by atoms with van der Waals surface area (Å²) in [5.74, 6) is -1.26. The monoisotopic (exact) mass is 426 g/mol. The molecule has 0 unspecified atom stereocenters. The van der Waals surface area contributed by atoms with Gasteiger partial charge < -0.3 is 19.9 Å². The Hall–Kier alpha value is -3.46. The number of hydrogen-bond acceptors (Lipinski definition) is 7. The van der Waals surface area contributed by atoms with Crippen LogP contribution >= 0.6 is 0 Å². The number of rotatable bonds is 6. The summed E-state index contributed by atoms with van der Waals surface area (Å²) in [6.07, 6.45) is 0. The quantitative estimate of drug-likeness (QED) is 0.430. The van der Waals surface area contributed by atoms with E-state index in [1.807, 2.05) is 25.1 Å². The van der Waals surface area contributed by atoms with Gasteiger partial charge in [-0.2, -0.15) is 0 Å². The van der Waals surface area contributed by atoms with Crippen LogP contribution in [0.2, 0.25) is 0 Å². The molecule has 1 N–H and O–H groups in total. The number of hydrogen-bond donors (Lipinski definition) is 1. The first kappa shape index (κ1) is 22.2. The van der Waals surface area contributed by atoms with Crippen LogP contribution in [0.4, 0.5) is 17.1 Å². The van der Waals surface area contributed by atoms with Crippen molar-refractivity contribution >= 4 is 28.9 Å². The molecule has 1 aliphatic heterocycles. The van der Waals surface area contributed by atoms with E-state index in [-0.39, 0.29) is 23.4 Å². The number of nitro benzene ring substituents is 1. The number of likely N-dealkylation sites (N-methyl/N-ethyl adjacent to an activating group) is 1. The number of non-ortho nitro benzene ring substituents is 1. The van der Waals surface area contributed by atoms with Gasteiger partial charge in [-0.3, -0.25) is 14.9 Å². The van der Waals surface area contributed by atoms with E-state index in [0.717, 1.165) is 49.6 Å². The second-order valence-electron chi connectivity index (χ2n) is 7.49. The Morgan fingerprint density at radius 3 is 2.39 bits per heavy atom. The van der Waals surface area contributed by atoms with Crippen molar-refractivity contribution in [3.63, 3.8) is 0 Å². The SMILES string of the molecule is CCOC(=O)c1cc(C(=O)Nc2ccc(N3CCN(C)CC3)c(C)c2)cc([N+](=O)[O-])c1. The topological polar surface area (TPSA) is 105 Å². The first-order chi connectivity index (χ1) is 14.8. The molecule has 0 spiro atoms. The number of carbonyl (C=O) groups is 2. The van der Waals surface area contributed by atoms with Crippen molar-refractivity contribution in [2.75, 3.05) is 50.1 Å². The largest absolute Gasteiger partial charge is 0.462 e. The van der Waals surface area contributed by atoms with E-state index in [1.165, 1.54) is 6.07 Å². The Morgan fingerprint density at radius 2 is 1.77 bits per heavy atom. The minimum Gasteiger partial charge on any atom is -0.462 e. The number of carbonyl (C=O) groups excluding carboxylic acids is 2. The summed E-state index contributed by atoms with van der Waals surface area (Å²) in [5.41, 5.74) is 2.34. The van der Waals surface area contributed by atoms with Crippen molar-refractivity contribution in [3.05, 3.63) is 63.2 Å². The lowest BCUT2D eigenvalue weighted by molar-refractivity contribution is -0.384. The third-order valence-electron chi connectivity index (χ3n) is 5.20. The lowest BCUT2D eigenvalue weighted by Gasteiger charge is -2.35. The lowest BCUT2D eigenvalue weighted by Crippen LogP contribution is -2.44. The number of nitrogens with zero attached hydrogens (tertiary/aromatic N) is 3. The van der Waals surface area contributed by atoms with Crippen LogP contribution in [0.25, 0.3) is 0 Å². The van der Waals surface area contributed by atoms with Gasteiger partial charge in [-0.1, -0.05) is 0 Å². The van der Waals surface area contributed by atoms with Crippen LogP contribution in [-0.4, -0.2) is 61.5 Å². The predicted octanol–water partition coefficient (Wildman–Crippen LogP) is 3.08. The van der Waals surface area contributed by atoms with Crippen LogP contribution < -0.4 is 10.2 Å². The van der Waals surface area contributed by atoms with Crippen LogP contribution in [0.3, 0.4) is 0 Å². The molecule has 164 valence electrons. The second-order valence-corrected chi connectivity index (χ2v) is 7.49. The standard InChI is InChI=1S/C22H26N4O5/c1-4-31-22(28)17-12-16(13-19(14-17)26(29)30)21(27)23-18-5-6-20(15(2)11-18)25-9-7-24(3)8-10-25/h5-6,11-14H,4,7-10H2,1-3H3,(H,23,27). The van der Waals surface area contributed by atoms with Crippen molar-refractivity contribution in [3.8, 4) is 0 Å².